The number of hydrogen-bond donors (Lipinski definition) is 2. The number of aromatic nitrogens is 1. The van der Waals surface area contributed by atoms with Crippen LogP contribution in [0.25, 0.3) is 0 Å². The summed E-state index contributed by atoms with van der Waals surface area (Å²) in [4.78, 5) is 4.03. The van der Waals surface area contributed by atoms with Crippen LogP contribution in [0.3, 0.4) is 0 Å². The molecule has 1 rings (SSSR count). The minimum absolute atomic E-state index is 0.0357. The van der Waals surface area contributed by atoms with Gasteiger partial charge in [0.15, 0.2) is 5.11 Å². The zero-order valence-electron chi connectivity index (χ0n) is 9.56. The Hall–Kier alpha value is -1.20. The third-order valence-corrected chi connectivity index (χ3v) is 2.85. The Morgan fingerprint density at radius 3 is 3.18 bits per heavy atom. The highest BCUT2D eigenvalue weighted by molar-refractivity contribution is 7.80. The molecular formula is C11H15ClN4S. The van der Waals surface area contributed by atoms with Gasteiger partial charge < -0.3 is 5.32 Å². The predicted octanol–water partition coefficient (Wildman–Crippen LogP) is 2.22. The van der Waals surface area contributed by atoms with Crippen molar-refractivity contribution in [2.24, 2.45) is 5.10 Å². The minimum Gasteiger partial charge on any atom is -0.364 e. The molecule has 0 saturated carbocycles. The number of halogens is 1. The first kappa shape index (κ1) is 13.9. The summed E-state index contributed by atoms with van der Waals surface area (Å²) in [5.41, 5.74) is 3.71. The maximum Gasteiger partial charge on any atom is 0.186 e. The van der Waals surface area contributed by atoms with Gasteiger partial charge in [-0.15, -0.1) is 11.6 Å². The third kappa shape index (κ3) is 5.60. The molecule has 0 spiro atoms. The third-order valence-electron chi connectivity index (χ3n) is 2.08. The molecule has 1 unspecified atom stereocenters. The molecule has 0 aliphatic rings. The molecule has 1 aromatic heterocycles. The van der Waals surface area contributed by atoms with Gasteiger partial charge in [0, 0.05) is 25.7 Å². The van der Waals surface area contributed by atoms with Gasteiger partial charge in [-0.05, 0) is 36.7 Å². The maximum atomic E-state index is 6.21. The average Bonchev–Trinajstić information content (AvgIpc) is 2.38. The van der Waals surface area contributed by atoms with Crippen LogP contribution in [0.2, 0.25) is 0 Å². The van der Waals surface area contributed by atoms with Crippen LogP contribution in [0.1, 0.15) is 23.8 Å². The van der Waals surface area contributed by atoms with Crippen molar-refractivity contribution in [3.05, 3.63) is 30.1 Å². The summed E-state index contributed by atoms with van der Waals surface area (Å²) in [6, 6.07) is 3.85. The van der Waals surface area contributed by atoms with Gasteiger partial charge in [0.05, 0.1) is 5.38 Å². The van der Waals surface area contributed by atoms with Gasteiger partial charge in [-0.25, -0.2) is 0 Å². The first-order valence-electron chi connectivity index (χ1n) is 5.27. The van der Waals surface area contributed by atoms with Crippen molar-refractivity contribution >= 4 is 35.1 Å². The van der Waals surface area contributed by atoms with Crippen molar-refractivity contribution < 1.29 is 0 Å². The molecule has 1 aromatic rings. The van der Waals surface area contributed by atoms with Gasteiger partial charge in [-0.2, -0.15) is 5.10 Å². The Balaban J connectivity index is 2.25. The van der Waals surface area contributed by atoms with Crippen LogP contribution >= 0.6 is 23.8 Å². The lowest BCUT2D eigenvalue weighted by atomic mass is 10.1. The standard InChI is InChI=1S/C11H15ClN4S/c1-13-11(17)16-15-7-3-5-10(12)9-4-2-6-14-8-9/h2,4,6-8,10H,3,5H2,1H3,(H2,13,16,17). The van der Waals surface area contributed by atoms with Gasteiger partial charge in [-0.3, -0.25) is 10.4 Å². The first-order valence-corrected chi connectivity index (χ1v) is 6.11. The number of nitrogens with zero attached hydrogens (tertiary/aromatic N) is 2. The van der Waals surface area contributed by atoms with Crippen LogP contribution in [0.5, 0.6) is 0 Å². The summed E-state index contributed by atoms with van der Waals surface area (Å²) in [6.45, 7) is 0. The number of alkyl halides is 1. The molecule has 4 nitrogen and oxygen atoms in total. The quantitative estimate of drug-likeness (QED) is 0.373. The number of hydrogen-bond acceptors (Lipinski definition) is 3. The van der Waals surface area contributed by atoms with E-state index in [1.807, 2.05) is 12.1 Å². The van der Waals surface area contributed by atoms with Gasteiger partial charge in [0.2, 0.25) is 0 Å². The van der Waals surface area contributed by atoms with Gasteiger partial charge in [-0.1, -0.05) is 6.07 Å². The second kappa shape index (κ2) is 7.97. The number of nitrogens with one attached hydrogen (secondary N) is 2. The van der Waals surface area contributed by atoms with Crippen molar-refractivity contribution in [3.8, 4) is 0 Å². The Labute approximate surface area is 111 Å². The van der Waals surface area contributed by atoms with E-state index < -0.39 is 0 Å². The zero-order chi connectivity index (χ0) is 12.5. The summed E-state index contributed by atoms with van der Waals surface area (Å²) < 4.78 is 0. The second-order valence-electron chi connectivity index (χ2n) is 3.33. The Bertz CT molecular complexity index is 369. The molecule has 0 aliphatic carbocycles. The fraction of sp³-hybridized carbons (Fsp3) is 0.364. The Morgan fingerprint density at radius 1 is 1.71 bits per heavy atom. The van der Waals surface area contributed by atoms with Crippen molar-refractivity contribution in [1.82, 2.24) is 15.7 Å². The molecule has 0 radical (unpaired) electrons. The van der Waals surface area contributed by atoms with E-state index in [0.29, 0.717) is 5.11 Å². The smallest absolute Gasteiger partial charge is 0.186 e. The monoisotopic (exact) mass is 270 g/mol. The molecule has 92 valence electrons. The largest absolute Gasteiger partial charge is 0.364 e. The molecule has 0 saturated heterocycles. The van der Waals surface area contributed by atoms with E-state index in [2.05, 4.69) is 20.8 Å². The number of thiocarbonyl (C=S) groups is 1. The molecule has 0 amide bonds. The predicted molar refractivity (Wildman–Crippen MR) is 75.4 cm³/mol. The Morgan fingerprint density at radius 2 is 2.53 bits per heavy atom. The number of rotatable bonds is 5. The second-order valence-corrected chi connectivity index (χ2v) is 4.27. The maximum absolute atomic E-state index is 6.21. The molecule has 1 atom stereocenters. The highest BCUT2D eigenvalue weighted by Crippen LogP contribution is 2.23. The number of pyridine rings is 1. The fourth-order valence-corrected chi connectivity index (χ4v) is 1.48. The van der Waals surface area contributed by atoms with Crippen LogP contribution in [-0.4, -0.2) is 23.4 Å². The molecule has 17 heavy (non-hydrogen) atoms. The summed E-state index contributed by atoms with van der Waals surface area (Å²) in [5, 5.41) is 7.18. The lowest BCUT2D eigenvalue weighted by molar-refractivity contribution is 0.830. The molecule has 1 heterocycles. The summed E-state index contributed by atoms with van der Waals surface area (Å²) >= 11 is 11.1. The molecule has 0 aliphatic heterocycles. The zero-order valence-corrected chi connectivity index (χ0v) is 11.1. The van der Waals surface area contributed by atoms with Crippen LogP contribution in [0.15, 0.2) is 29.6 Å². The fourth-order valence-electron chi connectivity index (χ4n) is 1.17. The molecule has 6 heteroatoms. The topological polar surface area (TPSA) is 49.3 Å². The van der Waals surface area contributed by atoms with E-state index >= 15 is 0 Å². The SMILES string of the molecule is CNC(=S)NN=CCCC(Cl)c1cccnc1. The van der Waals surface area contributed by atoms with Crippen LogP contribution in [0.4, 0.5) is 0 Å². The lowest BCUT2D eigenvalue weighted by Gasteiger charge is -2.06. The van der Waals surface area contributed by atoms with Crippen molar-refractivity contribution in [2.75, 3.05) is 7.05 Å². The van der Waals surface area contributed by atoms with Crippen molar-refractivity contribution in [1.29, 1.82) is 0 Å². The average molecular weight is 271 g/mol. The van der Waals surface area contributed by atoms with E-state index in [-0.39, 0.29) is 5.38 Å². The Kier molecular flexibility index (Phi) is 6.50. The highest BCUT2D eigenvalue weighted by Gasteiger charge is 2.05. The summed E-state index contributed by atoms with van der Waals surface area (Å²) in [6.07, 6.45) is 6.86. The van der Waals surface area contributed by atoms with Crippen LogP contribution in [-0.2, 0) is 0 Å². The van der Waals surface area contributed by atoms with E-state index in [1.54, 1.807) is 25.7 Å². The van der Waals surface area contributed by atoms with Crippen LogP contribution < -0.4 is 10.7 Å². The normalized spacial score (nSPS) is 12.4. The molecule has 2 N–H and O–H groups in total. The molecule has 0 fully saturated rings. The number of hydrazone groups is 1. The van der Waals surface area contributed by atoms with Crippen molar-refractivity contribution in [3.63, 3.8) is 0 Å². The summed E-state index contributed by atoms with van der Waals surface area (Å²) in [5.74, 6) is 0. The summed E-state index contributed by atoms with van der Waals surface area (Å²) in [7, 11) is 1.74. The van der Waals surface area contributed by atoms with Gasteiger partial charge in [0.1, 0.15) is 0 Å². The van der Waals surface area contributed by atoms with E-state index in [4.69, 9.17) is 23.8 Å². The van der Waals surface area contributed by atoms with E-state index in [1.165, 1.54) is 0 Å². The highest BCUT2D eigenvalue weighted by atomic mass is 35.5. The molecular weight excluding hydrogens is 256 g/mol. The van der Waals surface area contributed by atoms with E-state index in [0.717, 1.165) is 18.4 Å². The first-order chi connectivity index (χ1) is 8.24. The van der Waals surface area contributed by atoms with Gasteiger partial charge in [0.25, 0.3) is 0 Å². The van der Waals surface area contributed by atoms with E-state index in [9.17, 15) is 0 Å². The van der Waals surface area contributed by atoms with Crippen molar-refractivity contribution in [2.45, 2.75) is 18.2 Å². The van der Waals surface area contributed by atoms with Gasteiger partial charge >= 0.3 is 0 Å². The minimum atomic E-state index is -0.0357. The lowest BCUT2D eigenvalue weighted by Crippen LogP contribution is -2.28. The van der Waals surface area contributed by atoms with Crippen LogP contribution in [0, 0.1) is 0 Å². The molecule has 0 bridgehead atoms. The molecule has 0 aromatic carbocycles.